The summed E-state index contributed by atoms with van der Waals surface area (Å²) < 4.78 is 1.82. The van der Waals surface area contributed by atoms with Gasteiger partial charge in [-0.05, 0) is 27.2 Å². The quantitative estimate of drug-likeness (QED) is 0.725. The van der Waals surface area contributed by atoms with Gasteiger partial charge in [-0.25, -0.2) is 0 Å². The van der Waals surface area contributed by atoms with Gasteiger partial charge in [0.25, 0.3) is 0 Å². The van der Waals surface area contributed by atoms with Crippen molar-refractivity contribution in [1.29, 1.82) is 0 Å². The number of hydrogen-bond donors (Lipinski definition) is 2. The number of rotatable bonds is 7. The van der Waals surface area contributed by atoms with Gasteiger partial charge < -0.3 is 9.67 Å². The Morgan fingerprint density at radius 3 is 2.78 bits per heavy atom. The molecule has 2 N–H and O–H groups in total. The number of aryl methyl sites for hydroxylation is 1. The van der Waals surface area contributed by atoms with Crippen LogP contribution in [0.5, 0.6) is 0 Å². The summed E-state index contributed by atoms with van der Waals surface area (Å²) in [6.45, 7) is 5.60. The van der Waals surface area contributed by atoms with Gasteiger partial charge in [-0.1, -0.05) is 11.8 Å². The highest BCUT2D eigenvalue weighted by Gasteiger charge is 2.33. The maximum absolute atomic E-state index is 11.3. The van der Waals surface area contributed by atoms with E-state index in [0.29, 0.717) is 12.2 Å². The van der Waals surface area contributed by atoms with Crippen LogP contribution in [0.25, 0.3) is 0 Å². The number of thioether (sulfide) groups is 1. The SMILES string of the molecule is CC(C)NC(C)(CCSc1nncn1C)C(=O)O. The Morgan fingerprint density at radius 1 is 1.67 bits per heavy atom. The Hall–Kier alpha value is -1.08. The van der Waals surface area contributed by atoms with E-state index in [2.05, 4.69) is 15.5 Å². The predicted octanol–water partition coefficient (Wildman–Crippen LogP) is 1.14. The van der Waals surface area contributed by atoms with E-state index in [1.165, 1.54) is 11.8 Å². The highest BCUT2D eigenvalue weighted by molar-refractivity contribution is 7.99. The van der Waals surface area contributed by atoms with Gasteiger partial charge in [0.05, 0.1) is 0 Å². The molecule has 0 aromatic carbocycles. The molecule has 6 nitrogen and oxygen atoms in total. The molecule has 18 heavy (non-hydrogen) atoms. The zero-order valence-electron chi connectivity index (χ0n) is 11.2. The van der Waals surface area contributed by atoms with Crippen molar-refractivity contribution in [2.24, 2.45) is 7.05 Å². The van der Waals surface area contributed by atoms with Crippen LogP contribution in [-0.2, 0) is 11.8 Å². The van der Waals surface area contributed by atoms with Crippen LogP contribution in [0.1, 0.15) is 27.2 Å². The van der Waals surface area contributed by atoms with Gasteiger partial charge in [0.1, 0.15) is 11.9 Å². The van der Waals surface area contributed by atoms with Crippen LogP contribution in [0.3, 0.4) is 0 Å². The first-order valence-corrected chi connectivity index (χ1v) is 6.81. The monoisotopic (exact) mass is 272 g/mol. The lowest BCUT2D eigenvalue weighted by atomic mass is 9.98. The van der Waals surface area contributed by atoms with Crippen LogP contribution in [-0.4, -0.2) is 43.2 Å². The van der Waals surface area contributed by atoms with Crippen molar-refractivity contribution in [3.63, 3.8) is 0 Å². The number of nitrogens with one attached hydrogen (secondary N) is 1. The molecule has 1 atom stereocenters. The molecule has 1 heterocycles. The molecule has 102 valence electrons. The predicted molar refractivity (Wildman–Crippen MR) is 70.7 cm³/mol. The summed E-state index contributed by atoms with van der Waals surface area (Å²) in [5.74, 6) is -0.149. The zero-order valence-corrected chi connectivity index (χ0v) is 12.0. The molecule has 1 aromatic heterocycles. The van der Waals surface area contributed by atoms with Crippen LogP contribution in [0.15, 0.2) is 11.5 Å². The third kappa shape index (κ3) is 3.99. The minimum atomic E-state index is -0.903. The number of hydrogen-bond acceptors (Lipinski definition) is 5. The van der Waals surface area contributed by atoms with Crippen LogP contribution in [0.2, 0.25) is 0 Å². The average molecular weight is 272 g/mol. The molecule has 0 aliphatic rings. The largest absolute Gasteiger partial charge is 0.480 e. The first-order chi connectivity index (χ1) is 8.35. The van der Waals surface area contributed by atoms with Crippen LogP contribution >= 0.6 is 11.8 Å². The normalized spacial score (nSPS) is 14.7. The molecule has 0 radical (unpaired) electrons. The van der Waals surface area contributed by atoms with Crippen molar-refractivity contribution < 1.29 is 9.90 Å². The van der Waals surface area contributed by atoms with E-state index in [9.17, 15) is 9.90 Å². The number of carboxylic acids is 1. The molecule has 0 amide bonds. The fourth-order valence-corrected chi connectivity index (χ4v) is 2.68. The molecule has 0 aliphatic carbocycles. The Kier molecular flexibility index (Phi) is 5.15. The molecule has 1 rings (SSSR count). The highest BCUT2D eigenvalue weighted by atomic mass is 32.2. The van der Waals surface area contributed by atoms with Crippen molar-refractivity contribution in [2.75, 3.05) is 5.75 Å². The average Bonchev–Trinajstić information content (AvgIpc) is 2.63. The van der Waals surface area contributed by atoms with Gasteiger partial charge in [-0.2, -0.15) is 0 Å². The summed E-state index contributed by atoms with van der Waals surface area (Å²) in [4.78, 5) is 11.3. The van der Waals surface area contributed by atoms with E-state index in [0.717, 1.165) is 5.16 Å². The molecule has 1 unspecified atom stereocenters. The van der Waals surface area contributed by atoms with Crippen LogP contribution in [0, 0.1) is 0 Å². The van der Waals surface area contributed by atoms with E-state index >= 15 is 0 Å². The van der Waals surface area contributed by atoms with Gasteiger partial charge in [0.15, 0.2) is 5.16 Å². The Labute approximate surface area is 111 Å². The van der Waals surface area contributed by atoms with Crippen LogP contribution < -0.4 is 5.32 Å². The number of aliphatic carboxylic acids is 1. The fourth-order valence-electron chi connectivity index (χ4n) is 1.63. The van der Waals surface area contributed by atoms with Crippen molar-refractivity contribution in [2.45, 2.75) is 43.9 Å². The number of aromatic nitrogens is 3. The summed E-state index contributed by atoms with van der Waals surface area (Å²) in [5, 5.41) is 20.9. The van der Waals surface area contributed by atoms with Crippen molar-refractivity contribution in [3.05, 3.63) is 6.33 Å². The van der Waals surface area contributed by atoms with Gasteiger partial charge in [-0.15, -0.1) is 10.2 Å². The van der Waals surface area contributed by atoms with Gasteiger partial charge >= 0.3 is 5.97 Å². The lowest BCUT2D eigenvalue weighted by molar-refractivity contribution is -0.144. The molecule has 7 heteroatoms. The molecule has 1 aromatic rings. The van der Waals surface area contributed by atoms with E-state index in [1.54, 1.807) is 13.3 Å². The molecular formula is C11H20N4O2S. The number of carbonyl (C=O) groups is 1. The summed E-state index contributed by atoms with van der Waals surface area (Å²) in [6, 6.07) is 0.130. The van der Waals surface area contributed by atoms with E-state index in [-0.39, 0.29) is 6.04 Å². The molecule has 0 aliphatic heterocycles. The topological polar surface area (TPSA) is 80.0 Å². The maximum atomic E-state index is 11.3. The van der Waals surface area contributed by atoms with E-state index in [4.69, 9.17) is 0 Å². The summed E-state index contributed by atoms with van der Waals surface area (Å²) in [6.07, 6.45) is 2.16. The lowest BCUT2D eigenvalue weighted by Crippen LogP contribution is -2.52. The fraction of sp³-hybridized carbons (Fsp3) is 0.727. The van der Waals surface area contributed by atoms with Gasteiger partial charge in [0.2, 0.25) is 0 Å². The minimum Gasteiger partial charge on any atom is -0.480 e. The minimum absolute atomic E-state index is 0.130. The smallest absolute Gasteiger partial charge is 0.323 e. The molecular weight excluding hydrogens is 252 g/mol. The van der Waals surface area contributed by atoms with Gasteiger partial charge in [-0.3, -0.25) is 10.1 Å². The Bertz CT molecular complexity index is 408. The Balaban J connectivity index is 2.53. The molecule has 0 fully saturated rings. The van der Waals surface area contributed by atoms with Crippen LogP contribution in [0.4, 0.5) is 0 Å². The molecule has 0 saturated carbocycles. The summed E-state index contributed by atoms with van der Waals surface area (Å²) >= 11 is 1.51. The second kappa shape index (κ2) is 6.19. The van der Waals surface area contributed by atoms with Crippen molar-refractivity contribution in [3.8, 4) is 0 Å². The molecule has 0 spiro atoms. The second-order valence-corrected chi connectivity index (χ2v) is 5.82. The third-order valence-electron chi connectivity index (χ3n) is 2.58. The lowest BCUT2D eigenvalue weighted by Gasteiger charge is -2.28. The third-order valence-corrected chi connectivity index (χ3v) is 3.62. The summed E-state index contributed by atoms with van der Waals surface area (Å²) in [7, 11) is 1.87. The van der Waals surface area contributed by atoms with E-state index in [1.807, 2.05) is 25.5 Å². The zero-order chi connectivity index (χ0) is 13.8. The second-order valence-electron chi connectivity index (χ2n) is 4.76. The van der Waals surface area contributed by atoms with Crippen molar-refractivity contribution >= 4 is 17.7 Å². The molecule has 0 bridgehead atoms. The summed E-state index contributed by atoms with van der Waals surface area (Å²) in [5.41, 5.74) is -0.903. The maximum Gasteiger partial charge on any atom is 0.323 e. The highest BCUT2D eigenvalue weighted by Crippen LogP contribution is 2.20. The number of carboxylic acid groups (broad SMARTS) is 1. The molecule has 0 saturated heterocycles. The van der Waals surface area contributed by atoms with Gasteiger partial charge in [0, 0.05) is 18.8 Å². The Morgan fingerprint density at radius 2 is 2.33 bits per heavy atom. The van der Waals surface area contributed by atoms with Crippen molar-refractivity contribution in [1.82, 2.24) is 20.1 Å². The standard InChI is InChI=1S/C11H20N4O2S/c1-8(2)13-11(3,9(16)17)5-6-18-10-14-12-7-15(10)4/h7-8,13H,5-6H2,1-4H3,(H,16,17). The number of nitrogens with zero attached hydrogens (tertiary/aromatic N) is 3. The first-order valence-electron chi connectivity index (χ1n) is 5.83. The van der Waals surface area contributed by atoms with E-state index < -0.39 is 11.5 Å². The first kappa shape index (κ1) is 15.0.